The number of nitrogens with zero attached hydrogens (tertiary/aromatic N) is 1. The molecule has 2 amide bonds. The first-order chi connectivity index (χ1) is 8.01. The molecule has 17 heavy (non-hydrogen) atoms. The molecule has 1 aliphatic rings. The van der Waals surface area contributed by atoms with Gasteiger partial charge < -0.3 is 21.6 Å². The highest BCUT2D eigenvalue weighted by Gasteiger charge is 2.30. The number of carbonyl (C=O) groups excluding carboxylic acids is 1. The maximum atomic E-state index is 11.8. The molecule has 1 fully saturated rings. The van der Waals surface area contributed by atoms with E-state index in [1.165, 1.54) is 0 Å². The van der Waals surface area contributed by atoms with Gasteiger partial charge >= 0.3 is 6.03 Å². The molecule has 0 aromatic heterocycles. The molecule has 0 saturated heterocycles. The number of carbonyl (C=O) groups is 1. The van der Waals surface area contributed by atoms with Crippen LogP contribution in [-0.2, 0) is 0 Å². The number of amides is 2. The lowest BCUT2D eigenvalue weighted by molar-refractivity contribution is 0.229. The van der Waals surface area contributed by atoms with Gasteiger partial charge in [0.1, 0.15) is 0 Å². The Morgan fingerprint density at radius 2 is 2.12 bits per heavy atom. The Kier molecular flexibility index (Phi) is 4.60. The van der Waals surface area contributed by atoms with Crippen LogP contribution in [-0.4, -0.2) is 28.7 Å². The SMILES string of the molecule is CCC(C)(NC(=O)NC1CCCC1)C(N)=NO. The smallest absolute Gasteiger partial charge is 0.315 e. The zero-order chi connectivity index (χ0) is 12.9. The lowest BCUT2D eigenvalue weighted by atomic mass is 9.98. The van der Waals surface area contributed by atoms with Crippen LogP contribution in [0, 0.1) is 0 Å². The Morgan fingerprint density at radius 1 is 1.53 bits per heavy atom. The highest BCUT2D eigenvalue weighted by Crippen LogP contribution is 2.17. The monoisotopic (exact) mass is 242 g/mol. The summed E-state index contributed by atoms with van der Waals surface area (Å²) in [6.07, 6.45) is 4.94. The first kappa shape index (κ1) is 13.6. The average Bonchev–Trinajstić information content (AvgIpc) is 2.80. The molecular formula is C11H22N4O2. The Morgan fingerprint density at radius 3 is 2.59 bits per heavy atom. The van der Waals surface area contributed by atoms with E-state index >= 15 is 0 Å². The molecular weight excluding hydrogens is 220 g/mol. The molecule has 1 saturated carbocycles. The fourth-order valence-corrected chi connectivity index (χ4v) is 1.99. The van der Waals surface area contributed by atoms with Crippen molar-refractivity contribution in [1.29, 1.82) is 0 Å². The maximum absolute atomic E-state index is 11.8. The topological polar surface area (TPSA) is 99.7 Å². The fourth-order valence-electron chi connectivity index (χ4n) is 1.99. The molecule has 98 valence electrons. The molecule has 1 aliphatic carbocycles. The number of amidine groups is 1. The van der Waals surface area contributed by atoms with Gasteiger partial charge in [-0.1, -0.05) is 24.9 Å². The van der Waals surface area contributed by atoms with E-state index in [4.69, 9.17) is 10.9 Å². The van der Waals surface area contributed by atoms with Crippen LogP contribution in [0.15, 0.2) is 5.16 Å². The van der Waals surface area contributed by atoms with Crippen LogP contribution in [0.2, 0.25) is 0 Å². The van der Waals surface area contributed by atoms with Gasteiger partial charge in [-0.25, -0.2) is 4.79 Å². The Balaban J connectivity index is 2.52. The number of urea groups is 1. The minimum Gasteiger partial charge on any atom is -0.409 e. The Hall–Kier alpha value is -1.46. The van der Waals surface area contributed by atoms with Gasteiger partial charge in [0.15, 0.2) is 5.84 Å². The number of nitrogens with one attached hydrogen (secondary N) is 2. The van der Waals surface area contributed by atoms with Gasteiger partial charge in [-0.15, -0.1) is 0 Å². The molecule has 0 aliphatic heterocycles. The third-order valence-corrected chi connectivity index (χ3v) is 3.46. The first-order valence-electron chi connectivity index (χ1n) is 6.08. The molecule has 0 bridgehead atoms. The summed E-state index contributed by atoms with van der Waals surface area (Å²) in [6.45, 7) is 3.60. The van der Waals surface area contributed by atoms with E-state index < -0.39 is 5.54 Å². The van der Waals surface area contributed by atoms with Crippen LogP contribution >= 0.6 is 0 Å². The number of hydrogen-bond donors (Lipinski definition) is 4. The average molecular weight is 242 g/mol. The summed E-state index contributed by atoms with van der Waals surface area (Å²) < 4.78 is 0. The predicted molar refractivity (Wildman–Crippen MR) is 66.0 cm³/mol. The van der Waals surface area contributed by atoms with E-state index in [9.17, 15) is 4.79 Å². The van der Waals surface area contributed by atoms with Crippen molar-refractivity contribution in [3.05, 3.63) is 0 Å². The van der Waals surface area contributed by atoms with Crippen LogP contribution in [0.4, 0.5) is 4.79 Å². The van der Waals surface area contributed by atoms with E-state index in [1.54, 1.807) is 6.92 Å². The van der Waals surface area contributed by atoms with Crippen LogP contribution in [0.25, 0.3) is 0 Å². The van der Waals surface area contributed by atoms with Crippen LogP contribution in [0.3, 0.4) is 0 Å². The lowest BCUT2D eigenvalue weighted by Gasteiger charge is -2.28. The molecule has 6 heteroatoms. The zero-order valence-corrected chi connectivity index (χ0v) is 10.5. The van der Waals surface area contributed by atoms with Gasteiger partial charge in [-0.05, 0) is 26.2 Å². The highest BCUT2D eigenvalue weighted by molar-refractivity contribution is 5.93. The summed E-state index contributed by atoms with van der Waals surface area (Å²) in [5.41, 5.74) is 4.77. The number of hydrogen-bond acceptors (Lipinski definition) is 3. The van der Waals surface area contributed by atoms with Crippen molar-refractivity contribution in [2.45, 2.75) is 57.5 Å². The van der Waals surface area contributed by atoms with Crippen molar-refractivity contribution >= 4 is 11.9 Å². The van der Waals surface area contributed by atoms with Crippen LogP contribution in [0.1, 0.15) is 46.0 Å². The third-order valence-electron chi connectivity index (χ3n) is 3.46. The summed E-state index contributed by atoms with van der Waals surface area (Å²) in [6, 6.07) is -0.00348. The van der Waals surface area contributed by atoms with E-state index in [-0.39, 0.29) is 17.9 Å². The summed E-state index contributed by atoms with van der Waals surface area (Å²) in [5.74, 6) is 0.0153. The zero-order valence-electron chi connectivity index (χ0n) is 10.5. The van der Waals surface area contributed by atoms with Crippen molar-refractivity contribution < 1.29 is 10.0 Å². The van der Waals surface area contributed by atoms with Crippen LogP contribution in [0.5, 0.6) is 0 Å². The number of rotatable bonds is 4. The Labute approximate surface area is 102 Å². The molecule has 1 rings (SSSR count). The summed E-state index contributed by atoms with van der Waals surface area (Å²) in [4.78, 5) is 11.8. The van der Waals surface area contributed by atoms with Crippen molar-refractivity contribution in [3.8, 4) is 0 Å². The van der Waals surface area contributed by atoms with E-state index in [0.717, 1.165) is 25.7 Å². The Bertz CT molecular complexity index is 300. The molecule has 1 unspecified atom stereocenters. The van der Waals surface area contributed by atoms with Gasteiger partial charge in [0.25, 0.3) is 0 Å². The molecule has 6 nitrogen and oxygen atoms in total. The fraction of sp³-hybridized carbons (Fsp3) is 0.818. The van der Waals surface area contributed by atoms with E-state index in [0.29, 0.717) is 6.42 Å². The number of nitrogens with two attached hydrogens (primary N) is 1. The van der Waals surface area contributed by atoms with E-state index in [1.807, 2.05) is 6.92 Å². The quantitative estimate of drug-likeness (QED) is 0.257. The largest absolute Gasteiger partial charge is 0.409 e. The summed E-state index contributed by atoms with van der Waals surface area (Å²) >= 11 is 0. The lowest BCUT2D eigenvalue weighted by Crippen LogP contribution is -2.58. The summed E-state index contributed by atoms with van der Waals surface area (Å²) in [5, 5.41) is 17.3. The van der Waals surface area contributed by atoms with Gasteiger partial charge in [0, 0.05) is 6.04 Å². The van der Waals surface area contributed by atoms with Crippen LogP contribution < -0.4 is 16.4 Å². The second-order valence-corrected chi connectivity index (χ2v) is 4.75. The minimum atomic E-state index is -0.808. The standard InChI is InChI=1S/C11H22N4O2/c1-3-11(2,9(12)15-17)14-10(16)13-8-6-4-5-7-8/h8,17H,3-7H2,1-2H3,(H2,12,15)(H2,13,14,16). The molecule has 0 radical (unpaired) electrons. The molecule has 5 N–H and O–H groups in total. The molecule has 0 aromatic rings. The second kappa shape index (κ2) is 5.75. The highest BCUT2D eigenvalue weighted by atomic mass is 16.4. The second-order valence-electron chi connectivity index (χ2n) is 4.75. The maximum Gasteiger partial charge on any atom is 0.315 e. The molecule has 0 heterocycles. The van der Waals surface area contributed by atoms with Crippen molar-refractivity contribution in [3.63, 3.8) is 0 Å². The van der Waals surface area contributed by atoms with Crippen molar-refractivity contribution in [1.82, 2.24) is 10.6 Å². The molecule has 1 atom stereocenters. The van der Waals surface area contributed by atoms with Gasteiger partial charge in [0.2, 0.25) is 0 Å². The summed E-state index contributed by atoms with van der Waals surface area (Å²) in [7, 11) is 0. The van der Waals surface area contributed by atoms with Crippen molar-refractivity contribution in [2.24, 2.45) is 10.9 Å². The molecule has 0 spiro atoms. The molecule has 0 aromatic carbocycles. The van der Waals surface area contributed by atoms with E-state index in [2.05, 4.69) is 15.8 Å². The van der Waals surface area contributed by atoms with Gasteiger partial charge in [0.05, 0.1) is 5.54 Å². The third kappa shape index (κ3) is 3.51. The van der Waals surface area contributed by atoms with Crippen molar-refractivity contribution in [2.75, 3.05) is 0 Å². The first-order valence-corrected chi connectivity index (χ1v) is 6.08. The van der Waals surface area contributed by atoms with Gasteiger partial charge in [-0.3, -0.25) is 0 Å². The minimum absolute atomic E-state index is 0.0153. The normalized spacial score (nSPS) is 20.9. The van der Waals surface area contributed by atoms with Gasteiger partial charge in [-0.2, -0.15) is 0 Å². The number of oxime groups is 1. The predicted octanol–water partition coefficient (Wildman–Crippen LogP) is 1.14.